The summed E-state index contributed by atoms with van der Waals surface area (Å²) in [5.74, 6) is -0.474. The Balaban J connectivity index is 1.74. The maximum absolute atomic E-state index is 13.3. The van der Waals surface area contributed by atoms with Crippen LogP contribution in [0, 0.1) is 17.2 Å². The van der Waals surface area contributed by atoms with Crippen LogP contribution in [0.2, 0.25) is 5.02 Å². The Bertz CT molecular complexity index is 976. The number of carbonyl (C=O) groups is 2. The number of aromatic nitrogens is 2. The highest BCUT2D eigenvalue weighted by Crippen LogP contribution is 2.35. The van der Waals surface area contributed by atoms with E-state index in [2.05, 4.69) is 16.0 Å². The van der Waals surface area contributed by atoms with Crippen LogP contribution >= 0.6 is 11.6 Å². The van der Waals surface area contributed by atoms with Crippen molar-refractivity contribution in [1.29, 1.82) is 5.26 Å². The van der Waals surface area contributed by atoms with E-state index in [9.17, 15) is 14.9 Å². The molecular formula is C19H20ClN5O2. The lowest BCUT2D eigenvalue weighted by Gasteiger charge is -2.38. The topological polar surface area (TPSA) is 93.1 Å². The van der Waals surface area contributed by atoms with Gasteiger partial charge in [0.2, 0.25) is 5.91 Å². The maximum Gasteiger partial charge on any atom is 0.257 e. The lowest BCUT2D eigenvalue weighted by atomic mass is 9.95. The minimum absolute atomic E-state index is 0.0991. The summed E-state index contributed by atoms with van der Waals surface area (Å²) in [4.78, 5) is 37.0. The first-order valence-electron chi connectivity index (χ1n) is 9.09. The van der Waals surface area contributed by atoms with Crippen LogP contribution in [0.1, 0.15) is 42.6 Å². The lowest BCUT2D eigenvalue weighted by molar-refractivity contribution is -0.138. The van der Waals surface area contributed by atoms with Crippen LogP contribution in [0.15, 0.2) is 12.4 Å². The summed E-state index contributed by atoms with van der Waals surface area (Å²) in [6, 6.07) is 1.14. The fourth-order valence-corrected chi connectivity index (χ4v) is 4.40. The van der Waals surface area contributed by atoms with E-state index in [1.165, 1.54) is 0 Å². The molecule has 0 aliphatic carbocycles. The number of nitrogens with zero attached hydrogens (tertiary/aromatic N) is 4. The number of nitriles is 1. The van der Waals surface area contributed by atoms with Crippen LogP contribution in [-0.2, 0) is 11.3 Å². The van der Waals surface area contributed by atoms with Crippen LogP contribution in [0.3, 0.4) is 0 Å². The van der Waals surface area contributed by atoms with Gasteiger partial charge in [0, 0.05) is 36.4 Å². The van der Waals surface area contributed by atoms with Gasteiger partial charge in [0.15, 0.2) is 0 Å². The average molecular weight is 386 g/mol. The third-order valence-electron chi connectivity index (χ3n) is 5.48. The van der Waals surface area contributed by atoms with Crippen molar-refractivity contribution >= 4 is 34.4 Å². The number of carbonyl (C=O) groups excluding carboxylic acids is 2. The van der Waals surface area contributed by atoms with Crippen molar-refractivity contribution in [1.82, 2.24) is 19.8 Å². The van der Waals surface area contributed by atoms with Gasteiger partial charge in [-0.2, -0.15) is 5.26 Å². The summed E-state index contributed by atoms with van der Waals surface area (Å²) in [6.45, 7) is 4.65. The number of nitrogens with one attached hydrogen (secondary N) is 1. The van der Waals surface area contributed by atoms with E-state index in [-0.39, 0.29) is 24.3 Å². The monoisotopic (exact) mass is 385 g/mol. The van der Waals surface area contributed by atoms with Crippen molar-refractivity contribution < 1.29 is 9.59 Å². The molecule has 4 heterocycles. The molecule has 0 unspecified atom stereocenters. The molecule has 0 saturated carbocycles. The molecule has 2 aliphatic heterocycles. The third-order valence-corrected chi connectivity index (χ3v) is 5.81. The summed E-state index contributed by atoms with van der Waals surface area (Å²) in [5.41, 5.74) is 1.90. The van der Waals surface area contributed by atoms with Gasteiger partial charge in [-0.1, -0.05) is 25.4 Å². The lowest BCUT2D eigenvalue weighted by Crippen LogP contribution is -2.54. The fraction of sp³-hybridized carbons (Fsp3) is 0.474. The molecule has 0 aromatic carbocycles. The van der Waals surface area contributed by atoms with Gasteiger partial charge < -0.3 is 14.8 Å². The van der Waals surface area contributed by atoms with E-state index in [1.807, 2.05) is 13.8 Å². The second kappa shape index (κ2) is 6.54. The summed E-state index contributed by atoms with van der Waals surface area (Å²) >= 11 is 6.36. The van der Waals surface area contributed by atoms with Gasteiger partial charge >= 0.3 is 0 Å². The first-order chi connectivity index (χ1) is 12.9. The molecule has 140 valence electrons. The Morgan fingerprint density at radius 1 is 1.48 bits per heavy atom. The molecule has 0 radical (unpaired) electrons. The summed E-state index contributed by atoms with van der Waals surface area (Å²) in [7, 11) is 0. The third kappa shape index (κ3) is 2.67. The molecule has 0 bridgehead atoms. The molecule has 0 spiro atoms. The summed E-state index contributed by atoms with van der Waals surface area (Å²) in [5, 5.41) is 10.6. The van der Waals surface area contributed by atoms with Crippen molar-refractivity contribution in [3.8, 4) is 6.07 Å². The zero-order valence-corrected chi connectivity index (χ0v) is 16.0. The number of aromatic amines is 1. The number of hydrogen-bond donors (Lipinski definition) is 1. The van der Waals surface area contributed by atoms with Crippen molar-refractivity contribution in [2.24, 2.45) is 5.92 Å². The second-order valence-corrected chi connectivity index (χ2v) is 7.86. The fourth-order valence-electron chi connectivity index (χ4n) is 4.20. The minimum Gasteiger partial charge on any atom is -0.345 e. The first-order valence-corrected chi connectivity index (χ1v) is 9.47. The van der Waals surface area contributed by atoms with E-state index >= 15 is 0 Å². The second-order valence-electron chi connectivity index (χ2n) is 7.45. The Hall–Kier alpha value is -2.59. The number of H-pyrrole nitrogens is 1. The van der Waals surface area contributed by atoms with Crippen molar-refractivity contribution in [2.45, 2.75) is 45.3 Å². The molecule has 2 aromatic rings. The van der Waals surface area contributed by atoms with Gasteiger partial charge in [0.25, 0.3) is 5.91 Å². The highest BCUT2D eigenvalue weighted by molar-refractivity contribution is 6.32. The normalized spacial score (nSPS) is 20.4. The molecule has 2 atom stereocenters. The molecule has 7 nitrogen and oxygen atoms in total. The minimum atomic E-state index is -0.645. The molecule has 8 heteroatoms. The molecule has 1 saturated heterocycles. The van der Waals surface area contributed by atoms with E-state index in [1.54, 1.807) is 22.2 Å². The van der Waals surface area contributed by atoms with Crippen LogP contribution in [-0.4, -0.2) is 50.2 Å². The van der Waals surface area contributed by atoms with Crippen LogP contribution in [0.25, 0.3) is 11.0 Å². The average Bonchev–Trinajstić information content (AvgIpc) is 3.28. The number of amides is 2. The summed E-state index contributed by atoms with van der Waals surface area (Å²) < 4.78 is 0. The zero-order valence-electron chi connectivity index (χ0n) is 15.2. The quantitative estimate of drug-likeness (QED) is 0.879. The summed E-state index contributed by atoms with van der Waals surface area (Å²) in [6.07, 6.45) is 4.68. The SMILES string of the molecule is CC(C)[C@H](C(=O)N1CCC[C@H]1C#N)N1Cc2c(Cl)cnc3[nH]cc(c23)C1=O. The molecular weight excluding hydrogens is 366 g/mol. The zero-order chi connectivity index (χ0) is 19.3. The van der Waals surface area contributed by atoms with Crippen molar-refractivity contribution in [3.05, 3.63) is 28.5 Å². The number of hydrogen-bond acceptors (Lipinski definition) is 4. The molecule has 2 amide bonds. The van der Waals surface area contributed by atoms with E-state index in [0.717, 1.165) is 17.4 Å². The molecule has 2 aliphatic rings. The smallest absolute Gasteiger partial charge is 0.257 e. The molecule has 1 N–H and O–H groups in total. The molecule has 2 aromatic heterocycles. The Morgan fingerprint density at radius 3 is 2.96 bits per heavy atom. The van der Waals surface area contributed by atoms with Crippen LogP contribution in [0.5, 0.6) is 0 Å². The highest BCUT2D eigenvalue weighted by Gasteiger charge is 2.42. The van der Waals surface area contributed by atoms with E-state index in [4.69, 9.17) is 11.6 Å². The Labute approximate surface area is 161 Å². The van der Waals surface area contributed by atoms with Crippen LogP contribution in [0.4, 0.5) is 0 Å². The first kappa shape index (κ1) is 17.8. The Morgan fingerprint density at radius 2 is 2.26 bits per heavy atom. The molecule has 1 fully saturated rings. The van der Waals surface area contributed by atoms with E-state index in [0.29, 0.717) is 29.2 Å². The standard InChI is InChI=1S/C19H20ClN5O2/c1-10(2)16(19(27)24-5-3-4-11(24)6-21)25-9-13-14(20)8-23-17-15(13)12(7-22-17)18(25)26/h7-8,10-11,16H,3-5,9H2,1-2H3,(H,22,23)/t11-,16+/m0/s1. The van der Waals surface area contributed by atoms with E-state index < -0.39 is 12.1 Å². The van der Waals surface area contributed by atoms with Crippen molar-refractivity contribution in [3.63, 3.8) is 0 Å². The number of halogens is 1. The number of pyridine rings is 1. The van der Waals surface area contributed by atoms with Gasteiger partial charge in [-0.05, 0) is 18.8 Å². The van der Waals surface area contributed by atoms with Gasteiger partial charge in [0.1, 0.15) is 17.7 Å². The largest absolute Gasteiger partial charge is 0.345 e. The van der Waals surface area contributed by atoms with Crippen LogP contribution < -0.4 is 0 Å². The molecule has 4 rings (SSSR count). The highest BCUT2D eigenvalue weighted by atomic mass is 35.5. The van der Waals surface area contributed by atoms with Gasteiger partial charge in [-0.3, -0.25) is 9.59 Å². The van der Waals surface area contributed by atoms with Crippen molar-refractivity contribution in [2.75, 3.05) is 6.54 Å². The van der Waals surface area contributed by atoms with Gasteiger partial charge in [-0.25, -0.2) is 4.98 Å². The number of rotatable bonds is 3. The predicted octanol–water partition coefficient (Wildman–Crippen LogP) is 2.71. The maximum atomic E-state index is 13.3. The molecule has 27 heavy (non-hydrogen) atoms. The Kier molecular flexibility index (Phi) is 4.31. The van der Waals surface area contributed by atoms with Gasteiger partial charge in [0.05, 0.1) is 16.7 Å². The van der Waals surface area contributed by atoms with Gasteiger partial charge in [-0.15, -0.1) is 0 Å². The predicted molar refractivity (Wildman–Crippen MR) is 100.0 cm³/mol. The number of likely N-dealkylation sites (tertiary alicyclic amines) is 1.